The molecule has 0 spiro atoms. The minimum atomic E-state index is -4.71. The number of aromatic amines is 1. The highest BCUT2D eigenvalue weighted by atomic mass is 19.4. The molecule has 0 unspecified atom stereocenters. The van der Waals surface area contributed by atoms with Crippen LogP contribution in [0.4, 0.5) is 22.4 Å². The van der Waals surface area contributed by atoms with Crippen molar-refractivity contribution < 1.29 is 32.3 Å². The number of amides is 2. The summed E-state index contributed by atoms with van der Waals surface area (Å²) >= 11 is 0. The van der Waals surface area contributed by atoms with Crippen LogP contribution in [-0.4, -0.2) is 56.7 Å². The number of halogens is 4. The van der Waals surface area contributed by atoms with Crippen molar-refractivity contribution in [2.24, 2.45) is 0 Å². The maximum absolute atomic E-state index is 14.6. The third kappa shape index (κ3) is 4.72. The Kier molecular flexibility index (Phi) is 6.31. The Morgan fingerprint density at radius 3 is 2.29 bits per heavy atom. The molecule has 1 saturated heterocycles. The first-order valence-corrected chi connectivity index (χ1v) is 11.5. The van der Waals surface area contributed by atoms with E-state index in [1.165, 1.54) is 15.9 Å². The fourth-order valence-corrected chi connectivity index (χ4v) is 5.15. The standard InChI is InChI=1S/C24H28F4N4O3/c1-23(2,3)19-16(25)5-4-14(18(19)24(26,27)28)13-6-9-31(10-7-13)21(33)20-15-12-32(22(34)35)11-8-17(15)29-30-20/h4-5,13H,6-12H2,1-3H3,(H,29,30)(H,34,35). The molecule has 0 aliphatic carbocycles. The molecule has 190 valence electrons. The third-order valence-corrected chi connectivity index (χ3v) is 6.85. The van der Waals surface area contributed by atoms with Gasteiger partial charge in [0.15, 0.2) is 5.69 Å². The van der Waals surface area contributed by atoms with E-state index in [0.29, 0.717) is 18.5 Å². The van der Waals surface area contributed by atoms with Crippen molar-refractivity contribution >= 4 is 12.0 Å². The fraction of sp³-hybridized carbons (Fsp3) is 0.542. The van der Waals surface area contributed by atoms with Crippen LogP contribution in [0.25, 0.3) is 0 Å². The Bertz CT molecular complexity index is 1140. The van der Waals surface area contributed by atoms with Gasteiger partial charge in [-0.1, -0.05) is 26.8 Å². The number of nitrogens with zero attached hydrogens (tertiary/aromatic N) is 3. The van der Waals surface area contributed by atoms with Crippen LogP contribution in [0, 0.1) is 5.82 Å². The van der Waals surface area contributed by atoms with Crippen molar-refractivity contribution in [3.05, 3.63) is 51.6 Å². The lowest BCUT2D eigenvalue weighted by Gasteiger charge is -2.35. The molecular formula is C24H28F4N4O3. The third-order valence-electron chi connectivity index (χ3n) is 6.85. The van der Waals surface area contributed by atoms with E-state index in [9.17, 15) is 32.3 Å². The number of nitrogens with one attached hydrogen (secondary N) is 1. The summed E-state index contributed by atoms with van der Waals surface area (Å²) in [6, 6.07) is 2.33. The van der Waals surface area contributed by atoms with E-state index in [0.717, 1.165) is 11.8 Å². The number of carboxylic acid groups (broad SMARTS) is 1. The average molecular weight is 497 g/mol. The van der Waals surface area contributed by atoms with Crippen molar-refractivity contribution in [1.29, 1.82) is 0 Å². The molecule has 11 heteroatoms. The molecule has 0 atom stereocenters. The number of benzene rings is 1. The molecule has 1 fully saturated rings. The number of fused-ring (bicyclic) bond motifs is 1. The fourth-order valence-electron chi connectivity index (χ4n) is 5.15. The lowest BCUT2D eigenvalue weighted by atomic mass is 9.77. The van der Waals surface area contributed by atoms with Crippen molar-refractivity contribution in [3.8, 4) is 0 Å². The molecule has 1 aromatic heterocycles. The Morgan fingerprint density at radius 1 is 1.06 bits per heavy atom. The topological polar surface area (TPSA) is 89.5 Å². The molecule has 2 aliphatic rings. The Hall–Kier alpha value is -3.11. The number of hydrogen-bond donors (Lipinski definition) is 2. The number of rotatable bonds is 2. The number of likely N-dealkylation sites (tertiary alicyclic amines) is 1. The van der Waals surface area contributed by atoms with Gasteiger partial charge in [0.2, 0.25) is 0 Å². The number of H-pyrrole nitrogens is 1. The highest BCUT2D eigenvalue weighted by molar-refractivity contribution is 5.94. The molecule has 2 aliphatic heterocycles. The number of piperidine rings is 1. The number of carbonyl (C=O) groups is 2. The quantitative estimate of drug-likeness (QED) is 0.578. The molecule has 7 nitrogen and oxygen atoms in total. The SMILES string of the molecule is CC(C)(C)c1c(F)ccc(C2CCN(C(=O)c3n[nH]c4c3CN(C(=O)O)CC4)CC2)c1C(F)(F)F. The first-order chi connectivity index (χ1) is 16.3. The number of alkyl halides is 3. The summed E-state index contributed by atoms with van der Waals surface area (Å²) in [4.78, 5) is 27.2. The monoisotopic (exact) mass is 496 g/mol. The summed E-state index contributed by atoms with van der Waals surface area (Å²) in [6.07, 6.45) is -4.79. The van der Waals surface area contributed by atoms with Crippen molar-refractivity contribution in [3.63, 3.8) is 0 Å². The van der Waals surface area contributed by atoms with Gasteiger partial charge in [-0.3, -0.25) is 9.89 Å². The van der Waals surface area contributed by atoms with Crippen molar-refractivity contribution in [2.45, 2.75) is 64.1 Å². The molecule has 4 rings (SSSR count). The summed E-state index contributed by atoms with van der Waals surface area (Å²) in [6.45, 7) is 5.46. The summed E-state index contributed by atoms with van der Waals surface area (Å²) in [5.41, 5.74) is -0.820. The zero-order valence-electron chi connectivity index (χ0n) is 19.8. The summed E-state index contributed by atoms with van der Waals surface area (Å²) in [7, 11) is 0. The molecule has 1 aromatic carbocycles. The summed E-state index contributed by atoms with van der Waals surface area (Å²) in [5.74, 6) is -1.73. The lowest BCUT2D eigenvalue weighted by Crippen LogP contribution is -2.40. The van der Waals surface area contributed by atoms with Gasteiger partial charge in [0.25, 0.3) is 5.91 Å². The van der Waals surface area contributed by atoms with Crippen LogP contribution in [0.1, 0.15) is 78.0 Å². The summed E-state index contributed by atoms with van der Waals surface area (Å²) < 4.78 is 56.9. The van der Waals surface area contributed by atoms with E-state index >= 15 is 0 Å². The first kappa shape index (κ1) is 25.0. The largest absolute Gasteiger partial charge is 0.465 e. The van der Waals surface area contributed by atoms with Crippen LogP contribution in [0.3, 0.4) is 0 Å². The van der Waals surface area contributed by atoms with Gasteiger partial charge in [0.1, 0.15) is 5.82 Å². The van der Waals surface area contributed by atoms with Crippen molar-refractivity contribution in [1.82, 2.24) is 20.0 Å². The number of aromatic nitrogens is 2. The number of hydrogen-bond acceptors (Lipinski definition) is 3. The molecular weight excluding hydrogens is 468 g/mol. The molecule has 35 heavy (non-hydrogen) atoms. The predicted octanol–water partition coefficient (Wildman–Crippen LogP) is 4.92. The van der Waals surface area contributed by atoms with E-state index in [1.807, 2.05) is 0 Å². The average Bonchev–Trinajstić information content (AvgIpc) is 3.20. The van der Waals surface area contributed by atoms with Gasteiger partial charge >= 0.3 is 12.3 Å². The van der Waals surface area contributed by atoms with E-state index in [1.54, 1.807) is 20.8 Å². The van der Waals surface area contributed by atoms with Crippen LogP contribution < -0.4 is 0 Å². The second kappa shape index (κ2) is 8.83. The lowest BCUT2D eigenvalue weighted by molar-refractivity contribution is -0.139. The van der Waals surface area contributed by atoms with Crippen LogP contribution in [0.5, 0.6) is 0 Å². The highest BCUT2D eigenvalue weighted by Crippen LogP contribution is 2.45. The molecule has 2 aromatic rings. The second-order valence-corrected chi connectivity index (χ2v) is 10.2. The van der Waals surface area contributed by atoms with Gasteiger partial charge in [-0.25, -0.2) is 9.18 Å². The van der Waals surface area contributed by atoms with E-state index in [-0.39, 0.29) is 55.2 Å². The zero-order valence-corrected chi connectivity index (χ0v) is 19.8. The Morgan fingerprint density at radius 2 is 1.71 bits per heavy atom. The van der Waals surface area contributed by atoms with Crippen LogP contribution >= 0.6 is 0 Å². The molecule has 0 radical (unpaired) electrons. The van der Waals surface area contributed by atoms with Gasteiger partial charge in [-0.2, -0.15) is 18.3 Å². The van der Waals surface area contributed by atoms with Gasteiger partial charge in [0, 0.05) is 42.9 Å². The molecule has 0 bridgehead atoms. The van der Waals surface area contributed by atoms with Gasteiger partial charge in [0.05, 0.1) is 12.1 Å². The second-order valence-electron chi connectivity index (χ2n) is 10.2. The smallest absolute Gasteiger partial charge is 0.417 e. The molecule has 3 heterocycles. The van der Waals surface area contributed by atoms with Gasteiger partial charge < -0.3 is 14.9 Å². The molecule has 2 amide bonds. The van der Waals surface area contributed by atoms with Crippen LogP contribution in [0.15, 0.2) is 12.1 Å². The maximum atomic E-state index is 14.6. The summed E-state index contributed by atoms with van der Waals surface area (Å²) in [5, 5.41) is 16.2. The van der Waals surface area contributed by atoms with Gasteiger partial charge in [-0.05, 0) is 35.8 Å². The van der Waals surface area contributed by atoms with Crippen LogP contribution in [-0.2, 0) is 24.6 Å². The minimum Gasteiger partial charge on any atom is -0.465 e. The van der Waals surface area contributed by atoms with E-state index < -0.39 is 35.0 Å². The van der Waals surface area contributed by atoms with Crippen molar-refractivity contribution in [2.75, 3.05) is 19.6 Å². The predicted molar refractivity (Wildman–Crippen MR) is 119 cm³/mol. The maximum Gasteiger partial charge on any atom is 0.417 e. The molecule has 2 N–H and O–H groups in total. The Balaban J connectivity index is 1.55. The minimum absolute atomic E-state index is 0.0544. The van der Waals surface area contributed by atoms with Crippen LogP contribution in [0.2, 0.25) is 0 Å². The van der Waals surface area contributed by atoms with Gasteiger partial charge in [-0.15, -0.1) is 0 Å². The Labute approximate surface area is 200 Å². The molecule has 0 saturated carbocycles. The first-order valence-electron chi connectivity index (χ1n) is 11.5. The highest BCUT2D eigenvalue weighted by Gasteiger charge is 2.42. The zero-order chi connectivity index (χ0) is 25.7. The van der Waals surface area contributed by atoms with E-state index in [4.69, 9.17) is 0 Å². The number of carbonyl (C=O) groups excluding carboxylic acids is 1. The normalized spacial score (nSPS) is 17.5. The van der Waals surface area contributed by atoms with E-state index in [2.05, 4.69) is 10.2 Å².